The van der Waals surface area contributed by atoms with Crippen molar-refractivity contribution in [1.29, 1.82) is 0 Å². The maximum atomic E-state index is 12.3. The van der Waals surface area contributed by atoms with Gasteiger partial charge in [-0.05, 0) is 17.7 Å². The van der Waals surface area contributed by atoms with Crippen molar-refractivity contribution in [3.8, 4) is 17.2 Å². The number of amides is 1. The van der Waals surface area contributed by atoms with Crippen molar-refractivity contribution in [1.82, 2.24) is 15.2 Å². The zero-order valence-electron chi connectivity index (χ0n) is 18.6. The number of hydrogen-bond acceptors (Lipinski definition) is 7. The van der Waals surface area contributed by atoms with Gasteiger partial charge in [-0.15, -0.1) is 0 Å². The summed E-state index contributed by atoms with van der Waals surface area (Å²) in [6.07, 6.45) is 1.53. The molecule has 0 aromatic heterocycles. The largest absolute Gasteiger partial charge is 0.496 e. The Morgan fingerprint density at radius 1 is 1.00 bits per heavy atom. The number of carbonyl (C=O) groups excluding carboxylic acids is 1. The van der Waals surface area contributed by atoms with E-state index in [2.05, 4.69) is 20.3 Å². The minimum atomic E-state index is -0.166. The van der Waals surface area contributed by atoms with Crippen molar-refractivity contribution in [2.75, 3.05) is 54.1 Å². The predicted molar refractivity (Wildman–Crippen MR) is 125 cm³/mol. The molecule has 1 saturated heterocycles. The lowest BCUT2D eigenvalue weighted by atomic mass is 10.2. The van der Waals surface area contributed by atoms with Crippen LogP contribution in [0.4, 0.5) is 0 Å². The second-order valence-corrected chi connectivity index (χ2v) is 7.79. The molecule has 1 N–H and O–H groups in total. The van der Waals surface area contributed by atoms with Crippen molar-refractivity contribution >= 4 is 23.7 Å². The van der Waals surface area contributed by atoms with E-state index in [1.165, 1.54) is 6.21 Å². The van der Waals surface area contributed by atoms with Crippen molar-refractivity contribution < 1.29 is 19.0 Å². The second kappa shape index (κ2) is 11.7. The maximum Gasteiger partial charge on any atom is 0.254 e. The Bertz CT molecular complexity index is 946. The number of ether oxygens (including phenoxy) is 3. The molecule has 2 aromatic carbocycles. The molecule has 1 aliphatic heterocycles. The molecule has 0 bridgehead atoms. The molecule has 1 fully saturated rings. The number of methoxy groups -OCH3 is 3. The molecule has 0 unspecified atom stereocenters. The first kappa shape index (κ1) is 23.8. The Hall–Kier alpha value is -2.81. The van der Waals surface area contributed by atoms with E-state index in [1.807, 2.05) is 24.3 Å². The SMILES string of the molecule is COc1cc(OC)c(OC)cc1/C=N\NC(=O)CN1CCN(Cc2ccccc2Cl)CC1. The van der Waals surface area contributed by atoms with E-state index in [9.17, 15) is 4.79 Å². The topological polar surface area (TPSA) is 75.6 Å². The molecule has 3 rings (SSSR count). The summed E-state index contributed by atoms with van der Waals surface area (Å²) < 4.78 is 15.9. The van der Waals surface area contributed by atoms with Crippen LogP contribution in [0.1, 0.15) is 11.1 Å². The molecule has 172 valence electrons. The normalized spacial score (nSPS) is 15.0. The Morgan fingerprint density at radius 3 is 2.28 bits per heavy atom. The molecule has 1 heterocycles. The van der Waals surface area contributed by atoms with Gasteiger partial charge in [0.1, 0.15) is 5.75 Å². The number of benzene rings is 2. The Balaban J connectivity index is 1.47. The monoisotopic (exact) mass is 460 g/mol. The summed E-state index contributed by atoms with van der Waals surface area (Å²) in [4.78, 5) is 16.8. The second-order valence-electron chi connectivity index (χ2n) is 7.39. The zero-order chi connectivity index (χ0) is 22.9. The van der Waals surface area contributed by atoms with Gasteiger partial charge in [0.15, 0.2) is 11.5 Å². The van der Waals surface area contributed by atoms with E-state index in [0.717, 1.165) is 43.3 Å². The van der Waals surface area contributed by atoms with Crippen LogP contribution >= 0.6 is 11.6 Å². The number of nitrogens with zero attached hydrogens (tertiary/aromatic N) is 3. The fraction of sp³-hybridized carbons (Fsp3) is 0.391. The molecule has 2 aromatic rings. The Morgan fingerprint density at radius 2 is 1.62 bits per heavy atom. The van der Waals surface area contributed by atoms with Gasteiger partial charge >= 0.3 is 0 Å². The van der Waals surface area contributed by atoms with Gasteiger partial charge in [-0.25, -0.2) is 5.43 Å². The highest BCUT2D eigenvalue weighted by atomic mass is 35.5. The van der Waals surface area contributed by atoms with Crippen LogP contribution in [0.15, 0.2) is 41.5 Å². The highest BCUT2D eigenvalue weighted by Gasteiger charge is 2.19. The van der Waals surface area contributed by atoms with Crippen molar-refractivity contribution in [3.05, 3.63) is 52.5 Å². The summed E-state index contributed by atoms with van der Waals surface area (Å²) in [6, 6.07) is 11.4. The number of hydrazone groups is 1. The summed E-state index contributed by atoms with van der Waals surface area (Å²) in [7, 11) is 4.67. The van der Waals surface area contributed by atoms with Crippen LogP contribution in [0.5, 0.6) is 17.2 Å². The number of halogens is 1. The van der Waals surface area contributed by atoms with Crippen LogP contribution in [0.25, 0.3) is 0 Å². The fourth-order valence-corrected chi connectivity index (χ4v) is 3.73. The van der Waals surface area contributed by atoms with Crippen LogP contribution in [0.3, 0.4) is 0 Å². The van der Waals surface area contributed by atoms with E-state index in [4.69, 9.17) is 25.8 Å². The van der Waals surface area contributed by atoms with E-state index in [1.54, 1.807) is 33.5 Å². The fourth-order valence-electron chi connectivity index (χ4n) is 3.54. The summed E-state index contributed by atoms with van der Waals surface area (Å²) in [5.41, 5.74) is 4.38. The number of nitrogens with one attached hydrogen (secondary N) is 1. The lowest BCUT2D eigenvalue weighted by molar-refractivity contribution is -0.122. The lowest BCUT2D eigenvalue weighted by Crippen LogP contribution is -2.48. The zero-order valence-corrected chi connectivity index (χ0v) is 19.4. The molecular formula is C23H29ClN4O4. The molecule has 0 radical (unpaired) electrons. The molecule has 0 spiro atoms. The van der Waals surface area contributed by atoms with Crippen LogP contribution in [-0.2, 0) is 11.3 Å². The van der Waals surface area contributed by atoms with Gasteiger partial charge in [0, 0.05) is 49.4 Å². The molecule has 0 atom stereocenters. The molecule has 0 aliphatic carbocycles. The quantitative estimate of drug-likeness (QED) is 0.458. The summed E-state index contributed by atoms with van der Waals surface area (Å²) in [6.45, 7) is 4.49. The number of rotatable bonds is 9. The third-order valence-corrected chi connectivity index (χ3v) is 5.68. The van der Waals surface area contributed by atoms with Gasteiger partial charge in [0.25, 0.3) is 5.91 Å². The summed E-state index contributed by atoms with van der Waals surface area (Å²) in [5.74, 6) is 1.51. The van der Waals surface area contributed by atoms with Crippen LogP contribution in [0, 0.1) is 0 Å². The minimum absolute atomic E-state index is 0.166. The van der Waals surface area contributed by atoms with Crippen molar-refractivity contribution in [2.45, 2.75) is 6.54 Å². The van der Waals surface area contributed by atoms with E-state index in [-0.39, 0.29) is 5.91 Å². The van der Waals surface area contributed by atoms with Crippen LogP contribution in [-0.4, -0.2) is 76.0 Å². The molecule has 32 heavy (non-hydrogen) atoms. The number of carbonyl (C=O) groups is 1. The minimum Gasteiger partial charge on any atom is -0.496 e. The third-order valence-electron chi connectivity index (χ3n) is 5.31. The van der Waals surface area contributed by atoms with Gasteiger partial charge in [-0.2, -0.15) is 5.10 Å². The van der Waals surface area contributed by atoms with Crippen molar-refractivity contribution in [2.24, 2.45) is 5.10 Å². The van der Waals surface area contributed by atoms with Gasteiger partial charge in [0.05, 0.1) is 34.1 Å². The first-order valence-electron chi connectivity index (χ1n) is 10.3. The molecule has 9 heteroatoms. The Labute approximate surface area is 193 Å². The lowest BCUT2D eigenvalue weighted by Gasteiger charge is -2.34. The predicted octanol–water partition coefficient (Wildman–Crippen LogP) is 2.63. The average molecular weight is 461 g/mol. The molecule has 0 saturated carbocycles. The summed E-state index contributed by atoms with van der Waals surface area (Å²) >= 11 is 6.26. The molecule has 1 aliphatic rings. The van der Waals surface area contributed by atoms with Gasteiger partial charge in [0.2, 0.25) is 0 Å². The molecule has 1 amide bonds. The van der Waals surface area contributed by atoms with E-state index in [0.29, 0.717) is 29.4 Å². The van der Waals surface area contributed by atoms with E-state index < -0.39 is 0 Å². The summed E-state index contributed by atoms with van der Waals surface area (Å²) in [5, 5.41) is 4.86. The first-order valence-corrected chi connectivity index (χ1v) is 10.7. The maximum absolute atomic E-state index is 12.3. The van der Waals surface area contributed by atoms with Gasteiger partial charge < -0.3 is 14.2 Å². The Kier molecular flexibility index (Phi) is 8.72. The highest BCUT2D eigenvalue weighted by Crippen LogP contribution is 2.33. The van der Waals surface area contributed by atoms with Crippen molar-refractivity contribution in [3.63, 3.8) is 0 Å². The van der Waals surface area contributed by atoms with Gasteiger partial charge in [-0.3, -0.25) is 14.6 Å². The highest BCUT2D eigenvalue weighted by molar-refractivity contribution is 6.31. The third kappa shape index (κ3) is 6.35. The molecular weight excluding hydrogens is 432 g/mol. The van der Waals surface area contributed by atoms with Gasteiger partial charge in [-0.1, -0.05) is 29.8 Å². The molecule has 8 nitrogen and oxygen atoms in total. The van der Waals surface area contributed by atoms with E-state index >= 15 is 0 Å². The first-order chi connectivity index (χ1) is 15.5. The standard InChI is InChI=1S/C23H29ClN4O4/c1-30-20-13-22(32-3)21(31-2)12-18(20)14-25-26-23(29)16-28-10-8-27(9-11-28)15-17-6-4-5-7-19(17)24/h4-7,12-14H,8-11,15-16H2,1-3H3,(H,26,29)/b25-14-. The smallest absolute Gasteiger partial charge is 0.254 e. The van der Waals surface area contributed by atoms with Crippen LogP contribution in [0.2, 0.25) is 5.02 Å². The average Bonchev–Trinajstić information content (AvgIpc) is 2.81. The number of hydrogen-bond donors (Lipinski definition) is 1. The number of piperazine rings is 1. The van der Waals surface area contributed by atoms with Crippen LogP contribution < -0.4 is 19.6 Å².